The standard InChI is InChI=1S/C13H18N2O4S/c14-13-3-1-2-6-15(13)20(16,17)10-4-5-11-12(9-10)19-8-7-18-11/h4-5,9,13H,1-3,6-8,14H2. The van der Waals surface area contributed by atoms with Gasteiger partial charge in [0, 0.05) is 12.6 Å². The van der Waals surface area contributed by atoms with Crippen molar-refractivity contribution in [2.45, 2.75) is 30.3 Å². The first-order valence-corrected chi connectivity index (χ1v) is 8.20. The van der Waals surface area contributed by atoms with Crippen LogP contribution < -0.4 is 15.2 Å². The van der Waals surface area contributed by atoms with Crippen molar-refractivity contribution in [1.82, 2.24) is 4.31 Å². The summed E-state index contributed by atoms with van der Waals surface area (Å²) in [5.41, 5.74) is 5.93. The largest absolute Gasteiger partial charge is 0.486 e. The average Bonchev–Trinajstić information content (AvgIpc) is 2.47. The van der Waals surface area contributed by atoms with Gasteiger partial charge in [0.1, 0.15) is 13.2 Å². The Bertz CT molecular complexity index is 602. The van der Waals surface area contributed by atoms with Crippen LogP contribution in [-0.4, -0.2) is 38.6 Å². The molecule has 3 rings (SSSR count). The first-order chi connectivity index (χ1) is 9.59. The van der Waals surface area contributed by atoms with Gasteiger partial charge in [-0.25, -0.2) is 8.42 Å². The number of rotatable bonds is 2. The van der Waals surface area contributed by atoms with Crippen molar-refractivity contribution in [3.8, 4) is 11.5 Å². The Balaban J connectivity index is 1.94. The third kappa shape index (κ3) is 2.36. The molecule has 2 aliphatic heterocycles. The van der Waals surface area contributed by atoms with Gasteiger partial charge in [-0.15, -0.1) is 0 Å². The lowest BCUT2D eigenvalue weighted by Crippen LogP contribution is -2.48. The molecule has 7 heteroatoms. The molecular weight excluding hydrogens is 280 g/mol. The minimum atomic E-state index is -3.57. The quantitative estimate of drug-likeness (QED) is 0.878. The molecular formula is C13H18N2O4S. The Hall–Kier alpha value is -1.31. The summed E-state index contributed by atoms with van der Waals surface area (Å²) in [6.07, 6.45) is 2.07. The average molecular weight is 298 g/mol. The van der Waals surface area contributed by atoms with Gasteiger partial charge in [-0.05, 0) is 31.4 Å². The van der Waals surface area contributed by atoms with E-state index in [0.29, 0.717) is 37.7 Å². The summed E-state index contributed by atoms with van der Waals surface area (Å²) in [7, 11) is -3.57. The second-order valence-electron chi connectivity index (χ2n) is 4.98. The zero-order valence-corrected chi connectivity index (χ0v) is 11.9. The fourth-order valence-electron chi connectivity index (χ4n) is 2.55. The Morgan fingerprint density at radius 1 is 1.15 bits per heavy atom. The molecule has 0 aromatic heterocycles. The van der Waals surface area contributed by atoms with Gasteiger partial charge in [-0.1, -0.05) is 0 Å². The molecule has 110 valence electrons. The van der Waals surface area contributed by atoms with Crippen LogP contribution in [0, 0.1) is 0 Å². The molecule has 1 unspecified atom stereocenters. The molecule has 0 aliphatic carbocycles. The smallest absolute Gasteiger partial charge is 0.244 e. The maximum Gasteiger partial charge on any atom is 0.244 e. The van der Waals surface area contributed by atoms with Crippen molar-refractivity contribution in [3.05, 3.63) is 18.2 Å². The number of hydrogen-bond donors (Lipinski definition) is 1. The maximum absolute atomic E-state index is 12.6. The third-order valence-electron chi connectivity index (χ3n) is 3.62. The highest BCUT2D eigenvalue weighted by Gasteiger charge is 2.32. The van der Waals surface area contributed by atoms with Gasteiger partial charge in [0.2, 0.25) is 10.0 Å². The molecule has 2 aliphatic rings. The van der Waals surface area contributed by atoms with Gasteiger partial charge >= 0.3 is 0 Å². The molecule has 0 amide bonds. The Kier molecular flexibility index (Phi) is 3.57. The number of hydrogen-bond acceptors (Lipinski definition) is 5. The Morgan fingerprint density at radius 3 is 2.65 bits per heavy atom. The van der Waals surface area contributed by atoms with Gasteiger partial charge in [-0.2, -0.15) is 4.31 Å². The molecule has 20 heavy (non-hydrogen) atoms. The van der Waals surface area contributed by atoms with Crippen molar-refractivity contribution in [3.63, 3.8) is 0 Å². The molecule has 1 saturated heterocycles. The van der Waals surface area contributed by atoms with Crippen molar-refractivity contribution in [2.75, 3.05) is 19.8 Å². The van der Waals surface area contributed by atoms with E-state index in [1.54, 1.807) is 12.1 Å². The van der Waals surface area contributed by atoms with E-state index in [1.807, 2.05) is 0 Å². The number of nitrogens with two attached hydrogens (primary N) is 1. The number of nitrogens with zero attached hydrogens (tertiary/aromatic N) is 1. The molecule has 1 aromatic rings. The molecule has 0 radical (unpaired) electrons. The van der Waals surface area contributed by atoms with Crippen LogP contribution in [0.4, 0.5) is 0 Å². The molecule has 6 nitrogen and oxygen atoms in total. The van der Waals surface area contributed by atoms with Gasteiger partial charge < -0.3 is 15.2 Å². The summed E-state index contributed by atoms with van der Waals surface area (Å²) in [5.74, 6) is 1.06. The van der Waals surface area contributed by atoms with Crippen LogP contribution in [0.2, 0.25) is 0 Å². The zero-order valence-electron chi connectivity index (χ0n) is 11.1. The van der Waals surface area contributed by atoms with E-state index in [9.17, 15) is 8.42 Å². The minimum Gasteiger partial charge on any atom is -0.486 e. The zero-order chi connectivity index (χ0) is 14.2. The highest BCUT2D eigenvalue weighted by atomic mass is 32.2. The highest BCUT2D eigenvalue weighted by molar-refractivity contribution is 7.89. The lowest BCUT2D eigenvalue weighted by molar-refractivity contribution is 0.171. The molecule has 0 bridgehead atoms. The van der Waals surface area contributed by atoms with E-state index >= 15 is 0 Å². The molecule has 2 N–H and O–H groups in total. The third-order valence-corrected chi connectivity index (χ3v) is 5.54. The van der Waals surface area contributed by atoms with Crippen molar-refractivity contribution >= 4 is 10.0 Å². The van der Waals surface area contributed by atoms with Crippen LogP contribution in [-0.2, 0) is 10.0 Å². The molecule has 0 saturated carbocycles. The van der Waals surface area contributed by atoms with Crippen LogP contribution >= 0.6 is 0 Å². The van der Waals surface area contributed by atoms with Crippen LogP contribution in [0.5, 0.6) is 11.5 Å². The van der Waals surface area contributed by atoms with Crippen molar-refractivity contribution in [1.29, 1.82) is 0 Å². The van der Waals surface area contributed by atoms with Crippen molar-refractivity contribution in [2.24, 2.45) is 5.73 Å². The summed E-state index contributed by atoms with van der Waals surface area (Å²) < 4.78 is 37.5. The van der Waals surface area contributed by atoms with Gasteiger partial charge in [0.15, 0.2) is 11.5 Å². The predicted octanol–water partition coefficient (Wildman–Crippen LogP) is 0.917. The summed E-state index contributed by atoms with van der Waals surface area (Å²) in [6.45, 7) is 1.38. The van der Waals surface area contributed by atoms with E-state index in [4.69, 9.17) is 15.2 Å². The highest BCUT2D eigenvalue weighted by Crippen LogP contribution is 2.34. The van der Waals surface area contributed by atoms with Crippen molar-refractivity contribution < 1.29 is 17.9 Å². The monoisotopic (exact) mass is 298 g/mol. The number of sulfonamides is 1. The molecule has 2 heterocycles. The first-order valence-electron chi connectivity index (χ1n) is 6.76. The first kappa shape index (κ1) is 13.7. The Labute approximate surface area is 118 Å². The van der Waals surface area contributed by atoms with Crippen LogP contribution in [0.3, 0.4) is 0 Å². The van der Waals surface area contributed by atoms with E-state index in [-0.39, 0.29) is 4.90 Å². The summed E-state index contributed by atoms with van der Waals surface area (Å²) in [6, 6.07) is 4.70. The SMILES string of the molecule is NC1CCCCN1S(=O)(=O)c1ccc2c(c1)OCCO2. The van der Waals surface area contributed by atoms with Crippen LogP contribution in [0.25, 0.3) is 0 Å². The van der Waals surface area contributed by atoms with Crippen LogP contribution in [0.15, 0.2) is 23.1 Å². The number of piperidine rings is 1. The minimum absolute atomic E-state index is 0.208. The summed E-state index contributed by atoms with van der Waals surface area (Å²) in [4.78, 5) is 0.208. The molecule has 1 atom stereocenters. The predicted molar refractivity (Wildman–Crippen MR) is 73.2 cm³/mol. The maximum atomic E-state index is 12.6. The van der Waals surface area contributed by atoms with E-state index in [0.717, 1.165) is 12.8 Å². The van der Waals surface area contributed by atoms with Gasteiger partial charge in [-0.3, -0.25) is 0 Å². The lowest BCUT2D eigenvalue weighted by Gasteiger charge is -2.32. The van der Waals surface area contributed by atoms with Crippen LogP contribution in [0.1, 0.15) is 19.3 Å². The topological polar surface area (TPSA) is 81.9 Å². The van der Waals surface area contributed by atoms with E-state index in [1.165, 1.54) is 10.4 Å². The number of ether oxygens (including phenoxy) is 2. The second-order valence-corrected chi connectivity index (χ2v) is 6.87. The molecule has 1 fully saturated rings. The molecule has 1 aromatic carbocycles. The fourth-order valence-corrected chi connectivity index (χ4v) is 4.15. The lowest BCUT2D eigenvalue weighted by atomic mass is 10.1. The normalized spacial score (nSPS) is 23.6. The summed E-state index contributed by atoms with van der Waals surface area (Å²) >= 11 is 0. The fraction of sp³-hybridized carbons (Fsp3) is 0.538. The van der Waals surface area contributed by atoms with E-state index < -0.39 is 16.2 Å². The number of benzene rings is 1. The molecule has 0 spiro atoms. The Morgan fingerprint density at radius 2 is 1.90 bits per heavy atom. The van der Waals surface area contributed by atoms with E-state index in [2.05, 4.69) is 0 Å². The van der Waals surface area contributed by atoms with Gasteiger partial charge in [0.05, 0.1) is 11.1 Å². The van der Waals surface area contributed by atoms with Gasteiger partial charge in [0.25, 0.3) is 0 Å². The summed E-state index contributed by atoms with van der Waals surface area (Å²) in [5, 5.41) is 0. The number of fused-ring (bicyclic) bond motifs is 1. The second kappa shape index (κ2) is 5.23.